The third-order valence-electron chi connectivity index (χ3n) is 4.52. The second-order valence-electron chi connectivity index (χ2n) is 6.62. The molecular formula is C19H20FN3O7S. The van der Waals surface area contributed by atoms with Crippen LogP contribution in [-0.4, -0.2) is 68.0 Å². The molecule has 0 unspecified atom stereocenters. The van der Waals surface area contributed by atoms with Gasteiger partial charge in [0, 0.05) is 26.3 Å². The van der Waals surface area contributed by atoms with Crippen LogP contribution in [0.2, 0.25) is 0 Å². The molecule has 0 saturated carbocycles. The molecule has 10 nitrogen and oxygen atoms in total. The molecule has 0 atom stereocenters. The van der Waals surface area contributed by atoms with Crippen molar-refractivity contribution in [3.8, 4) is 0 Å². The molecular weight excluding hydrogens is 433 g/mol. The Hall–Kier alpha value is -3.09. The van der Waals surface area contributed by atoms with Crippen LogP contribution in [0.3, 0.4) is 0 Å². The van der Waals surface area contributed by atoms with E-state index in [4.69, 9.17) is 9.47 Å². The zero-order valence-electron chi connectivity index (χ0n) is 16.5. The summed E-state index contributed by atoms with van der Waals surface area (Å²) in [6, 6.07) is 5.86. The molecule has 1 saturated heterocycles. The van der Waals surface area contributed by atoms with Crippen molar-refractivity contribution in [1.82, 2.24) is 14.2 Å². The van der Waals surface area contributed by atoms with Crippen LogP contribution in [0, 0.1) is 5.82 Å². The average molecular weight is 453 g/mol. The number of imide groups is 1. The highest BCUT2D eigenvalue weighted by atomic mass is 32.2. The van der Waals surface area contributed by atoms with Gasteiger partial charge >= 0.3 is 5.97 Å². The minimum absolute atomic E-state index is 0.0613. The first-order chi connectivity index (χ1) is 14.7. The van der Waals surface area contributed by atoms with Gasteiger partial charge in [-0.3, -0.25) is 14.9 Å². The number of rotatable bonds is 6. The lowest BCUT2D eigenvalue weighted by Crippen LogP contribution is -2.41. The molecule has 1 aliphatic heterocycles. The maximum atomic E-state index is 14.2. The molecule has 166 valence electrons. The number of esters is 1. The zero-order valence-corrected chi connectivity index (χ0v) is 17.4. The number of benzene rings is 1. The molecule has 31 heavy (non-hydrogen) atoms. The summed E-state index contributed by atoms with van der Waals surface area (Å²) in [5.41, 5.74) is -0.0223. The van der Waals surface area contributed by atoms with Crippen LogP contribution < -0.4 is 5.32 Å². The van der Waals surface area contributed by atoms with Gasteiger partial charge in [-0.2, -0.15) is 4.31 Å². The molecule has 0 radical (unpaired) electrons. The number of halogens is 1. The minimum Gasteiger partial charge on any atom is -0.452 e. The number of carbonyl (C=O) groups is 3. The van der Waals surface area contributed by atoms with Crippen LogP contribution in [0.4, 0.5) is 4.39 Å². The van der Waals surface area contributed by atoms with Crippen LogP contribution in [0.15, 0.2) is 41.4 Å². The van der Waals surface area contributed by atoms with Gasteiger partial charge in [0.05, 0.1) is 18.8 Å². The van der Waals surface area contributed by atoms with E-state index in [1.807, 2.05) is 0 Å². The highest BCUT2D eigenvalue weighted by Gasteiger charge is 2.30. The number of hydrogen-bond acceptors (Lipinski definition) is 7. The van der Waals surface area contributed by atoms with Crippen molar-refractivity contribution in [2.45, 2.75) is 4.90 Å². The Morgan fingerprint density at radius 3 is 2.55 bits per heavy atom. The summed E-state index contributed by atoms with van der Waals surface area (Å²) in [4.78, 5) is 35.4. The molecule has 1 aromatic heterocycles. The molecule has 2 aromatic rings. The molecule has 2 heterocycles. The smallest absolute Gasteiger partial charge is 0.338 e. The molecule has 1 aliphatic rings. The third kappa shape index (κ3) is 5.16. The first-order valence-electron chi connectivity index (χ1n) is 9.20. The summed E-state index contributed by atoms with van der Waals surface area (Å²) in [6.07, 6.45) is 1.62. The zero-order chi connectivity index (χ0) is 22.6. The van der Waals surface area contributed by atoms with Gasteiger partial charge in [-0.1, -0.05) is 0 Å². The molecule has 0 spiro atoms. The largest absolute Gasteiger partial charge is 0.452 e. The van der Waals surface area contributed by atoms with E-state index in [-0.39, 0.29) is 37.6 Å². The Bertz CT molecular complexity index is 1110. The Kier molecular flexibility index (Phi) is 6.83. The Labute approximate surface area is 177 Å². The summed E-state index contributed by atoms with van der Waals surface area (Å²) < 4.78 is 52.1. The van der Waals surface area contributed by atoms with Crippen LogP contribution in [-0.2, 0) is 31.3 Å². The van der Waals surface area contributed by atoms with Crippen molar-refractivity contribution >= 4 is 27.8 Å². The topological polar surface area (TPSA) is 124 Å². The van der Waals surface area contributed by atoms with Gasteiger partial charge in [0.25, 0.3) is 11.8 Å². The van der Waals surface area contributed by atoms with E-state index in [1.165, 1.54) is 10.6 Å². The van der Waals surface area contributed by atoms with Gasteiger partial charge in [0.2, 0.25) is 10.0 Å². The number of carbonyl (C=O) groups excluding carboxylic acids is 3. The summed E-state index contributed by atoms with van der Waals surface area (Å²) in [7, 11) is -2.56. The highest BCUT2D eigenvalue weighted by molar-refractivity contribution is 7.89. The van der Waals surface area contributed by atoms with Gasteiger partial charge < -0.3 is 14.0 Å². The van der Waals surface area contributed by atoms with Crippen LogP contribution in [0.5, 0.6) is 0 Å². The first-order valence-corrected chi connectivity index (χ1v) is 10.6. The van der Waals surface area contributed by atoms with E-state index in [0.29, 0.717) is 0 Å². The van der Waals surface area contributed by atoms with Crippen molar-refractivity contribution in [2.75, 3.05) is 32.9 Å². The number of nitrogens with zero attached hydrogens (tertiary/aromatic N) is 2. The van der Waals surface area contributed by atoms with Crippen molar-refractivity contribution in [1.29, 1.82) is 0 Å². The summed E-state index contributed by atoms with van der Waals surface area (Å²) >= 11 is 0. The number of nitrogens with one attached hydrogen (secondary N) is 1. The molecule has 12 heteroatoms. The van der Waals surface area contributed by atoms with Crippen molar-refractivity contribution in [2.24, 2.45) is 7.05 Å². The maximum Gasteiger partial charge on any atom is 0.338 e. The number of morpholine rings is 1. The predicted molar refractivity (Wildman–Crippen MR) is 104 cm³/mol. The second kappa shape index (κ2) is 9.37. The molecule has 3 rings (SSSR count). The molecule has 1 N–H and O–H groups in total. The minimum atomic E-state index is -4.18. The molecule has 0 bridgehead atoms. The van der Waals surface area contributed by atoms with Gasteiger partial charge in [-0.25, -0.2) is 17.6 Å². The number of aromatic nitrogens is 1. The summed E-state index contributed by atoms with van der Waals surface area (Å²) in [6.45, 7) is -0.298. The molecule has 1 aromatic carbocycles. The van der Waals surface area contributed by atoms with Gasteiger partial charge in [0.15, 0.2) is 6.61 Å². The van der Waals surface area contributed by atoms with Gasteiger partial charge in [0.1, 0.15) is 16.4 Å². The summed E-state index contributed by atoms with van der Waals surface area (Å²) in [5.74, 6) is -3.61. The van der Waals surface area contributed by atoms with Gasteiger partial charge in [-0.05, 0) is 30.3 Å². The van der Waals surface area contributed by atoms with E-state index >= 15 is 0 Å². The Balaban J connectivity index is 1.65. The lowest BCUT2D eigenvalue weighted by atomic mass is 10.2. The predicted octanol–water partition coefficient (Wildman–Crippen LogP) is 0.299. The van der Waals surface area contributed by atoms with Crippen LogP contribution in [0.25, 0.3) is 0 Å². The maximum absolute atomic E-state index is 14.2. The Morgan fingerprint density at radius 1 is 1.19 bits per heavy atom. The monoisotopic (exact) mass is 453 g/mol. The molecule has 1 fully saturated rings. The van der Waals surface area contributed by atoms with E-state index in [0.717, 1.165) is 22.5 Å². The lowest BCUT2D eigenvalue weighted by molar-refractivity contribution is -0.123. The number of sulfonamides is 1. The second-order valence-corrected chi connectivity index (χ2v) is 8.53. The number of ether oxygens (including phenoxy) is 2. The van der Waals surface area contributed by atoms with E-state index in [1.54, 1.807) is 19.3 Å². The normalized spacial score (nSPS) is 14.8. The standard InChI is InChI=1S/C19H20FN3O7S/c1-22-6-2-3-15(22)18(25)21-17(24)12-30-19(26)13-4-5-14(20)16(11-13)31(27,28)23-7-9-29-10-8-23/h2-6,11H,7-10,12H2,1H3,(H,21,24,25). The van der Waals surface area contributed by atoms with Gasteiger partial charge in [-0.15, -0.1) is 0 Å². The van der Waals surface area contributed by atoms with E-state index in [2.05, 4.69) is 5.32 Å². The number of amides is 2. The first kappa shape index (κ1) is 22.6. The number of hydrogen-bond donors (Lipinski definition) is 1. The quantitative estimate of drug-likeness (QED) is 0.624. The molecule has 0 aliphatic carbocycles. The SMILES string of the molecule is Cn1cccc1C(=O)NC(=O)COC(=O)c1ccc(F)c(S(=O)(=O)N2CCOCC2)c1. The molecule has 2 amide bonds. The fourth-order valence-electron chi connectivity index (χ4n) is 2.89. The number of aryl methyl sites for hydroxylation is 1. The van der Waals surface area contributed by atoms with Crippen molar-refractivity contribution < 1.29 is 36.7 Å². The van der Waals surface area contributed by atoms with E-state index in [9.17, 15) is 27.2 Å². The average Bonchev–Trinajstić information content (AvgIpc) is 3.19. The third-order valence-corrected chi connectivity index (χ3v) is 6.43. The van der Waals surface area contributed by atoms with Crippen LogP contribution >= 0.6 is 0 Å². The van der Waals surface area contributed by atoms with Crippen molar-refractivity contribution in [3.63, 3.8) is 0 Å². The van der Waals surface area contributed by atoms with Crippen LogP contribution in [0.1, 0.15) is 20.8 Å². The lowest BCUT2D eigenvalue weighted by Gasteiger charge is -2.26. The van der Waals surface area contributed by atoms with E-state index < -0.39 is 45.1 Å². The Morgan fingerprint density at radius 2 is 1.90 bits per heavy atom. The van der Waals surface area contributed by atoms with Crippen molar-refractivity contribution in [3.05, 3.63) is 53.6 Å². The fraction of sp³-hybridized carbons (Fsp3) is 0.316. The highest BCUT2D eigenvalue weighted by Crippen LogP contribution is 2.22. The summed E-state index contributed by atoms with van der Waals surface area (Å²) in [5, 5.41) is 2.07. The fourth-order valence-corrected chi connectivity index (χ4v) is 4.39.